The average Bonchev–Trinajstić information content (AvgIpc) is 2.93. The molecule has 1 atom stereocenters. The van der Waals surface area contributed by atoms with Crippen molar-refractivity contribution in [2.24, 2.45) is 11.7 Å². The van der Waals surface area contributed by atoms with Crippen LogP contribution in [0, 0.1) is 12.8 Å². The second kappa shape index (κ2) is 3.44. The van der Waals surface area contributed by atoms with E-state index in [0.29, 0.717) is 16.7 Å². The summed E-state index contributed by atoms with van der Waals surface area (Å²) in [6.45, 7) is 1.84. The lowest BCUT2D eigenvalue weighted by molar-refractivity contribution is 0.452. The number of benzene rings is 1. The molecule has 76 valence electrons. The third-order valence-corrected chi connectivity index (χ3v) is 3.00. The molecule has 0 amide bonds. The Labute approximate surface area is 88.7 Å². The van der Waals surface area contributed by atoms with Crippen molar-refractivity contribution in [2.45, 2.75) is 25.8 Å². The molecular weight excluding hydrogens is 198 g/mol. The number of aromatic hydroxyl groups is 1. The molecule has 1 aromatic carbocycles. The van der Waals surface area contributed by atoms with Crippen molar-refractivity contribution in [3.05, 3.63) is 28.3 Å². The summed E-state index contributed by atoms with van der Waals surface area (Å²) in [5.41, 5.74) is 7.60. The van der Waals surface area contributed by atoms with Crippen molar-refractivity contribution in [3.8, 4) is 5.75 Å². The van der Waals surface area contributed by atoms with Gasteiger partial charge in [0.25, 0.3) is 0 Å². The smallest absolute Gasteiger partial charge is 0.123 e. The molecule has 2 rings (SSSR count). The molecule has 2 nitrogen and oxygen atoms in total. The van der Waals surface area contributed by atoms with Gasteiger partial charge in [0, 0.05) is 16.6 Å². The largest absolute Gasteiger partial charge is 0.507 e. The first-order chi connectivity index (χ1) is 6.59. The van der Waals surface area contributed by atoms with Crippen molar-refractivity contribution in [1.82, 2.24) is 0 Å². The number of phenols is 1. The lowest BCUT2D eigenvalue weighted by Gasteiger charge is -2.14. The van der Waals surface area contributed by atoms with Crippen LogP contribution in [0.25, 0.3) is 0 Å². The van der Waals surface area contributed by atoms with E-state index in [4.69, 9.17) is 17.3 Å². The first kappa shape index (κ1) is 9.81. The van der Waals surface area contributed by atoms with Gasteiger partial charge in [-0.3, -0.25) is 0 Å². The van der Waals surface area contributed by atoms with Gasteiger partial charge in [-0.15, -0.1) is 0 Å². The Hall–Kier alpha value is -0.730. The van der Waals surface area contributed by atoms with Gasteiger partial charge >= 0.3 is 0 Å². The van der Waals surface area contributed by atoms with Crippen LogP contribution in [0.5, 0.6) is 5.75 Å². The lowest BCUT2D eigenvalue weighted by Crippen LogP contribution is -2.12. The minimum Gasteiger partial charge on any atom is -0.507 e. The van der Waals surface area contributed by atoms with E-state index in [1.807, 2.05) is 6.92 Å². The summed E-state index contributed by atoms with van der Waals surface area (Å²) in [7, 11) is 0. The Kier molecular flexibility index (Phi) is 2.41. The highest BCUT2D eigenvalue weighted by Crippen LogP contribution is 2.43. The minimum absolute atomic E-state index is 0.0626. The maximum Gasteiger partial charge on any atom is 0.123 e. The SMILES string of the molecule is Cc1cc(Cl)cc([C@@H](N)C2CC2)c1O. The number of hydrogen-bond acceptors (Lipinski definition) is 2. The van der Waals surface area contributed by atoms with Crippen molar-refractivity contribution >= 4 is 11.6 Å². The molecule has 1 aromatic rings. The summed E-state index contributed by atoms with van der Waals surface area (Å²) in [5.74, 6) is 0.826. The molecule has 0 saturated heterocycles. The molecule has 14 heavy (non-hydrogen) atoms. The van der Waals surface area contributed by atoms with Gasteiger partial charge in [0.05, 0.1) is 0 Å². The van der Waals surface area contributed by atoms with Crippen LogP contribution >= 0.6 is 11.6 Å². The van der Waals surface area contributed by atoms with E-state index in [0.717, 1.165) is 24.0 Å². The van der Waals surface area contributed by atoms with E-state index in [9.17, 15) is 5.11 Å². The van der Waals surface area contributed by atoms with E-state index < -0.39 is 0 Å². The predicted octanol–water partition coefficient (Wildman–Crippen LogP) is 2.76. The molecule has 1 aliphatic carbocycles. The molecular formula is C11H14ClNO. The normalized spacial score (nSPS) is 18.2. The molecule has 0 heterocycles. The highest BCUT2D eigenvalue weighted by molar-refractivity contribution is 6.30. The number of nitrogens with two attached hydrogens (primary N) is 1. The fraction of sp³-hybridized carbons (Fsp3) is 0.455. The molecule has 3 N–H and O–H groups in total. The highest BCUT2D eigenvalue weighted by atomic mass is 35.5. The third-order valence-electron chi connectivity index (χ3n) is 2.78. The van der Waals surface area contributed by atoms with Crippen LogP contribution in [0.15, 0.2) is 12.1 Å². The van der Waals surface area contributed by atoms with Crippen molar-refractivity contribution in [2.75, 3.05) is 0 Å². The fourth-order valence-electron chi connectivity index (χ4n) is 1.72. The Morgan fingerprint density at radius 3 is 2.71 bits per heavy atom. The second-order valence-corrected chi connectivity index (χ2v) is 4.46. The van der Waals surface area contributed by atoms with E-state index in [1.54, 1.807) is 12.1 Å². The van der Waals surface area contributed by atoms with E-state index >= 15 is 0 Å². The van der Waals surface area contributed by atoms with Gasteiger partial charge in [-0.2, -0.15) is 0 Å². The number of phenolic OH excluding ortho intramolecular Hbond substituents is 1. The van der Waals surface area contributed by atoms with E-state index in [2.05, 4.69) is 0 Å². The van der Waals surface area contributed by atoms with Gasteiger partial charge in [0.2, 0.25) is 0 Å². The number of hydrogen-bond donors (Lipinski definition) is 2. The average molecular weight is 212 g/mol. The molecule has 0 aliphatic heterocycles. The van der Waals surface area contributed by atoms with Gasteiger partial charge in [-0.25, -0.2) is 0 Å². The van der Waals surface area contributed by atoms with Gasteiger partial charge in [0.15, 0.2) is 0 Å². The minimum atomic E-state index is -0.0626. The quantitative estimate of drug-likeness (QED) is 0.790. The third kappa shape index (κ3) is 1.72. The Morgan fingerprint density at radius 2 is 2.14 bits per heavy atom. The Morgan fingerprint density at radius 1 is 1.50 bits per heavy atom. The van der Waals surface area contributed by atoms with Gasteiger partial charge < -0.3 is 10.8 Å². The summed E-state index contributed by atoms with van der Waals surface area (Å²) in [6, 6.07) is 3.46. The van der Waals surface area contributed by atoms with Crippen LogP contribution in [0.4, 0.5) is 0 Å². The maximum absolute atomic E-state index is 9.83. The lowest BCUT2D eigenvalue weighted by atomic mass is 10.00. The molecule has 3 heteroatoms. The summed E-state index contributed by atoms with van der Waals surface area (Å²) in [5, 5.41) is 10.5. The summed E-state index contributed by atoms with van der Waals surface area (Å²) < 4.78 is 0. The molecule has 1 aliphatic rings. The molecule has 1 saturated carbocycles. The molecule has 0 radical (unpaired) electrons. The second-order valence-electron chi connectivity index (χ2n) is 4.02. The highest BCUT2D eigenvalue weighted by Gasteiger charge is 2.31. The Bertz CT molecular complexity index is 361. The van der Waals surface area contributed by atoms with Crippen LogP contribution in [0.2, 0.25) is 5.02 Å². The standard InChI is InChI=1S/C11H14ClNO/c1-6-4-8(12)5-9(11(6)14)10(13)7-2-3-7/h4-5,7,10,14H,2-3,13H2,1H3/t10-/m0/s1. The van der Waals surface area contributed by atoms with Gasteiger partial charge in [-0.1, -0.05) is 11.6 Å². The van der Waals surface area contributed by atoms with E-state index in [-0.39, 0.29) is 6.04 Å². The van der Waals surface area contributed by atoms with Crippen LogP contribution in [0.3, 0.4) is 0 Å². The molecule has 0 aromatic heterocycles. The number of rotatable bonds is 2. The van der Waals surface area contributed by atoms with Crippen molar-refractivity contribution in [3.63, 3.8) is 0 Å². The molecule has 1 fully saturated rings. The number of halogens is 1. The van der Waals surface area contributed by atoms with Gasteiger partial charge in [0.1, 0.15) is 5.75 Å². The summed E-state index contributed by atoms with van der Waals surface area (Å²) in [6.07, 6.45) is 2.32. The zero-order valence-corrected chi connectivity index (χ0v) is 8.88. The zero-order chi connectivity index (χ0) is 10.3. The van der Waals surface area contributed by atoms with Crippen molar-refractivity contribution in [1.29, 1.82) is 0 Å². The predicted molar refractivity (Wildman–Crippen MR) is 57.5 cm³/mol. The van der Waals surface area contributed by atoms with Crippen LogP contribution in [0.1, 0.15) is 30.0 Å². The zero-order valence-electron chi connectivity index (χ0n) is 8.13. The number of aryl methyl sites for hydroxylation is 1. The topological polar surface area (TPSA) is 46.2 Å². The fourth-order valence-corrected chi connectivity index (χ4v) is 2.01. The first-order valence-electron chi connectivity index (χ1n) is 4.84. The van der Waals surface area contributed by atoms with Gasteiger partial charge in [-0.05, 0) is 43.4 Å². The Balaban J connectivity index is 2.39. The van der Waals surface area contributed by atoms with Crippen LogP contribution < -0.4 is 5.73 Å². The van der Waals surface area contributed by atoms with Crippen molar-refractivity contribution < 1.29 is 5.11 Å². The summed E-state index contributed by atoms with van der Waals surface area (Å²) >= 11 is 5.92. The molecule has 0 unspecified atom stereocenters. The monoisotopic (exact) mass is 211 g/mol. The molecule has 0 spiro atoms. The first-order valence-corrected chi connectivity index (χ1v) is 5.22. The maximum atomic E-state index is 9.83. The molecule has 0 bridgehead atoms. The van der Waals surface area contributed by atoms with Crippen LogP contribution in [-0.4, -0.2) is 5.11 Å². The van der Waals surface area contributed by atoms with E-state index in [1.165, 1.54) is 0 Å². The van der Waals surface area contributed by atoms with Crippen LogP contribution in [-0.2, 0) is 0 Å². The summed E-state index contributed by atoms with van der Waals surface area (Å²) in [4.78, 5) is 0.